The molecule has 0 aliphatic carbocycles. The van der Waals surface area contributed by atoms with Gasteiger partial charge in [-0.3, -0.25) is 20.3 Å². The zero-order chi connectivity index (χ0) is 13.8. The van der Waals surface area contributed by atoms with E-state index in [4.69, 9.17) is 4.74 Å². The summed E-state index contributed by atoms with van der Waals surface area (Å²) in [7, 11) is 0. The van der Waals surface area contributed by atoms with Gasteiger partial charge in [0.15, 0.2) is 0 Å². The van der Waals surface area contributed by atoms with Gasteiger partial charge in [0, 0.05) is 30.3 Å². The van der Waals surface area contributed by atoms with Crippen LogP contribution in [0.15, 0.2) is 18.2 Å². The van der Waals surface area contributed by atoms with E-state index in [1.165, 1.54) is 18.2 Å². The molecule has 0 bridgehead atoms. The minimum absolute atomic E-state index is 0.0166. The average Bonchev–Trinajstić information content (AvgIpc) is 2.39. The number of benzene rings is 1. The zero-order valence-corrected chi connectivity index (χ0v) is 10.6. The molecule has 1 aromatic rings. The van der Waals surface area contributed by atoms with Gasteiger partial charge in [0.2, 0.25) is 0 Å². The topological polar surface area (TPSA) is 84.7 Å². The van der Waals surface area contributed by atoms with Gasteiger partial charge in [-0.1, -0.05) is 0 Å². The summed E-state index contributed by atoms with van der Waals surface area (Å²) in [6.45, 7) is 4.05. The number of morpholine rings is 1. The van der Waals surface area contributed by atoms with Crippen molar-refractivity contribution in [3.63, 3.8) is 0 Å². The number of ether oxygens (including phenoxy) is 1. The van der Waals surface area contributed by atoms with Crippen LogP contribution in [-0.2, 0) is 4.74 Å². The van der Waals surface area contributed by atoms with Crippen molar-refractivity contribution < 1.29 is 14.5 Å². The summed E-state index contributed by atoms with van der Waals surface area (Å²) in [6.07, 6.45) is 0. The van der Waals surface area contributed by atoms with Crippen molar-refractivity contribution in [3.8, 4) is 0 Å². The van der Waals surface area contributed by atoms with E-state index in [9.17, 15) is 14.9 Å². The molecule has 0 atom stereocenters. The van der Waals surface area contributed by atoms with Gasteiger partial charge >= 0.3 is 0 Å². The molecular weight excluding hydrogens is 250 g/mol. The summed E-state index contributed by atoms with van der Waals surface area (Å²) < 4.78 is 5.18. The summed E-state index contributed by atoms with van der Waals surface area (Å²) in [5.74, 6) is -0.264. The zero-order valence-electron chi connectivity index (χ0n) is 10.6. The Bertz CT molecular complexity index is 498. The minimum atomic E-state index is -0.459. The van der Waals surface area contributed by atoms with Crippen molar-refractivity contribution in [1.29, 1.82) is 0 Å². The second kappa shape index (κ2) is 5.77. The summed E-state index contributed by atoms with van der Waals surface area (Å²) in [5, 5.41) is 12.5. The first-order chi connectivity index (χ1) is 9.08. The first-order valence-electron chi connectivity index (χ1n) is 5.96. The molecule has 1 aliphatic rings. The van der Waals surface area contributed by atoms with Crippen LogP contribution in [0.25, 0.3) is 0 Å². The molecule has 1 amide bonds. The lowest BCUT2D eigenvalue weighted by atomic mass is 10.1. The second-order valence-corrected chi connectivity index (χ2v) is 4.30. The lowest BCUT2D eigenvalue weighted by Gasteiger charge is -2.26. The molecule has 0 unspecified atom stereocenters. The molecule has 2 rings (SSSR count). The number of nitro groups is 1. The van der Waals surface area contributed by atoms with Crippen molar-refractivity contribution in [2.75, 3.05) is 26.3 Å². The van der Waals surface area contributed by atoms with Crippen LogP contribution in [0.5, 0.6) is 0 Å². The number of nitrogens with one attached hydrogen (secondary N) is 1. The van der Waals surface area contributed by atoms with Crippen LogP contribution in [0.1, 0.15) is 15.9 Å². The predicted molar refractivity (Wildman–Crippen MR) is 67.7 cm³/mol. The van der Waals surface area contributed by atoms with E-state index in [-0.39, 0.29) is 11.6 Å². The van der Waals surface area contributed by atoms with Gasteiger partial charge in [0.1, 0.15) is 0 Å². The standard InChI is InChI=1S/C12H15N3O4/c1-9-8-10(2-3-11(9)15(17)18)12(16)13-14-4-6-19-7-5-14/h2-3,8H,4-7H2,1H3,(H,13,16). The van der Waals surface area contributed by atoms with Crippen molar-refractivity contribution in [2.24, 2.45) is 0 Å². The van der Waals surface area contributed by atoms with Gasteiger partial charge in [-0.2, -0.15) is 0 Å². The lowest BCUT2D eigenvalue weighted by molar-refractivity contribution is -0.385. The van der Waals surface area contributed by atoms with Gasteiger partial charge in [-0.05, 0) is 19.1 Å². The van der Waals surface area contributed by atoms with Gasteiger partial charge in [-0.15, -0.1) is 0 Å². The molecule has 0 aromatic heterocycles. The van der Waals surface area contributed by atoms with Gasteiger partial charge < -0.3 is 4.74 Å². The summed E-state index contributed by atoms with van der Waals surface area (Å²) in [5.41, 5.74) is 3.66. The number of nitro benzene ring substituents is 1. The number of hydrazine groups is 1. The van der Waals surface area contributed by atoms with E-state index in [2.05, 4.69) is 5.43 Å². The Labute approximate surface area is 110 Å². The number of hydrogen-bond donors (Lipinski definition) is 1. The van der Waals surface area contributed by atoms with E-state index >= 15 is 0 Å². The number of carbonyl (C=O) groups is 1. The molecule has 102 valence electrons. The van der Waals surface area contributed by atoms with E-state index in [1.54, 1.807) is 11.9 Å². The van der Waals surface area contributed by atoms with Crippen LogP contribution < -0.4 is 5.43 Å². The Morgan fingerprint density at radius 1 is 1.42 bits per heavy atom. The number of carbonyl (C=O) groups excluding carboxylic acids is 1. The molecule has 1 N–H and O–H groups in total. The Balaban J connectivity index is 2.06. The summed E-state index contributed by atoms with van der Waals surface area (Å²) in [6, 6.07) is 4.33. The number of amides is 1. The fraction of sp³-hybridized carbons (Fsp3) is 0.417. The molecule has 1 fully saturated rings. The maximum atomic E-state index is 12.0. The van der Waals surface area contributed by atoms with Gasteiger partial charge in [0.25, 0.3) is 11.6 Å². The largest absolute Gasteiger partial charge is 0.379 e. The minimum Gasteiger partial charge on any atom is -0.379 e. The van der Waals surface area contributed by atoms with Crippen molar-refractivity contribution in [1.82, 2.24) is 10.4 Å². The molecule has 1 saturated heterocycles. The van der Waals surface area contributed by atoms with E-state index in [0.29, 0.717) is 37.4 Å². The molecule has 19 heavy (non-hydrogen) atoms. The van der Waals surface area contributed by atoms with E-state index in [1.807, 2.05) is 0 Å². The molecular formula is C12H15N3O4. The number of aryl methyl sites for hydroxylation is 1. The highest BCUT2D eigenvalue weighted by molar-refractivity contribution is 5.94. The highest BCUT2D eigenvalue weighted by Gasteiger charge is 2.17. The molecule has 7 nitrogen and oxygen atoms in total. The monoisotopic (exact) mass is 265 g/mol. The molecule has 0 saturated carbocycles. The van der Waals surface area contributed by atoms with E-state index in [0.717, 1.165) is 0 Å². The first kappa shape index (κ1) is 13.4. The quantitative estimate of drug-likeness (QED) is 0.647. The van der Waals surface area contributed by atoms with Crippen LogP contribution in [0.3, 0.4) is 0 Å². The Hall–Kier alpha value is -1.99. The molecule has 1 aromatic carbocycles. The second-order valence-electron chi connectivity index (χ2n) is 4.30. The van der Waals surface area contributed by atoms with Crippen LogP contribution in [0.2, 0.25) is 0 Å². The van der Waals surface area contributed by atoms with E-state index < -0.39 is 4.92 Å². The van der Waals surface area contributed by atoms with Crippen LogP contribution >= 0.6 is 0 Å². The third kappa shape index (κ3) is 3.27. The van der Waals surface area contributed by atoms with Crippen LogP contribution in [-0.4, -0.2) is 42.1 Å². The van der Waals surface area contributed by atoms with Crippen molar-refractivity contribution in [2.45, 2.75) is 6.92 Å². The smallest absolute Gasteiger partial charge is 0.272 e. The number of nitrogens with zero attached hydrogens (tertiary/aromatic N) is 2. The summed E-state index contributed by atoms with van der Waals surface area (Å²) in [4.78, 5) is 22.2. The highest BCUT2D eigenvalue weighted by atomic mass is 16.6. The number of hydrogen-bond acceptors (Lipinski definition) is 5. The Kier molecular flexibility index (Phi) is 4.08. The average molecular weight is 265 g/mol. The number of rotatable bonds is 3. The molecule has 1 aliphatic heterocycles. The molecule has 1 heterocycles. The third-order valence-corrected chi connectivity index (χ3v) is 2.93. The molecule has 0 spiro atoms. The highest BCUT2D eigenvalue weighted by Crippen LogP contribution is 2.18. The SMILES string of the molecule is Cc1cc(C(=O)NN2CCOCC2)ccc1[N+](=O)[O-]. The van der Waals surface area contributed by atoms with Crippen LogP contribution in [0, 0.1) is 17.0 Å². The summed E-state index contributed by atoms with van der Waals surface area (Å²) >= 11 is 0. The fourth-order valence-corrected chi connectivity index (χ4v) is 1.88. The molecule has 0 radical (unpaired) electrons. The third-order valence-electron chi connectivity index (χ3n) is 2.93. The van der Waals surface area contributed by atoms with Crippen LogP contribution in [0.4, 0.5) is 5.69 Å². The Morgan fingerprint density at radius 2 is 2.11 bits per heavy atom. The van der Waals surface area contributed by atoms with Gasteiger partial charge in [-0.25, -0.2) is 5.01 Å². The molecule has 7 heteroatoms. The normalized spacial score (nSPS) is 16.1. The van der Waals surface area contributed by atoms with Crippen molar-refractivity contribution >= 4 is 11.6 Å². The maximum Gasteiger partial charge on any atom is 0.272 e. The Morgan fingerprint density at radius 3 is 2.68 bits per heavy atom. The predicted octanol–water partition coefficient (Wildman–Crippen LogP) is 0.880. The fourth-order valence-electron chi connectivity index (χ4n) is 1.88. The van der Waals surface area contributed by atoms with Gasteiger partial charge in [0.05, 0.1) is 18.1 Å². The van der Waals surface area contributed by atoms with Crippen molar-refractivity contribution in [3.05, 3.63) is 39.4 Å². The maximum absolute atomic E-state index is 12.0. The first-order valence-corrected chi connectivity index (χ1v) is 5.96. The lowest BCUT2D eigenvalue weighted by Crippen LogP contribution is -2.48.